The SMILES string of the molecule is CCOC(=O)c1c(NC(=O)COC(=O)Cc2ccc(Cl)cc2)sc2c1CCCC2. The summed E-state index contributed by atoms with van der Waals surface area (Å²) in [6.45, 7) is 1.59. The summed E-state index contributed by atoms with van der Waals surface area (Å²) < 4.78 is 10.2. The van der Waals surface area contributed by atoms with Gasteiger partial charge in [-0.1, -0.05) is 23.7 Å². The lowest BCUT2D eigenvalue weighted by Crippen LogP contribution is -2.22. The van der Waals surface area contributed by atoms with Crippen LogP contribution in [0, 0.1) is 0 Å². The number of fused-ring (bicyclic) bond motifs is 1. The standard InChI is InChI=1S/C21H22ClNO5S/c1-2-27-21(26)19-15-5-3-4-6-16(15)29-20(19)23-17(24)12-28-18(25)11-13-7-9-14(22)10-8-13/h7-10H,2-6,11-12H2,1H3,(H,23,24). The molecule has 1 aliphatic carbocycles. The average molecular weight is 436 g/mol. The van der Waals surface area contributed by atoms with Gasteiger partial charge in [-0.25, -0.2) is 4.79 Å². The van der Waals surface area contributed by atoms with Gasteiger partial charge in [-0.2, -0.15) is 0 Å². The van der Waals surface area contributed by atoms with Crippen molar-refractivity contribution in [2.75, 3.05) is 18.5 Å². The van der Waals surface area contributed by atoms with Crippen LogP contribution in [0.2, 0.25) is 5.02 Å². The minimum atomic E-state index is -0.515. The van der Waals surface area contributed by atoms with Crippen LogP contribution in [0.3, 0.4) is 0 Å². The number of ether oxygens (including phenoxy) is 2. The summed E-state index contributed by atoms with van der Waals surface area (Å²) >= 11 is 7.22. The van der Waals surface area contributed by atoms with Crippen LogP contribution in [0.25, 0.3) is 0 Å². The van der Waals surface area contributed by atoms with Crippen LogP contribution in [-0.4, -0.2) is 31.1 Å². The number of esters is 2. The number of halogens is 1. The number of thiophene rings is 1. The average Bonchev–Trinajstić information content (AvgIpc) is 3.06. The number of benzene rings is 1. The number of carbonyl (C=O) groups excluding carboxylic acids is 3. The van der Waals surface area contributed by atoms with Crippen molar-refractivity contribution in [3.05, 3.63) is 50.9 Å². The van der Waals surface area contributed by atoms with E-state index in [9.17, 15) is 14.4 Å². The molecule has 1 heterocycles. The predicted octanol–water partition coefficient (Wildman–Crippen LogP) is 4.18. The smallest absolute Gasteiger partial charge is 0.341 e. The van der Waals surface area contributed by atoms with E-state index >= 15 is 0 Å². The molecule has 0 unspecified atom stereocenters. The van der Waals surface area contributed by atoms with Crippen molar-refractivity contribution in [1.82, 2.24) is 0 Å². The van der Waals surface area contributed by atoms with Crippen molar-refractivity contribution in [3.63, 3.8) is 0 Å². The van der Waals surface area contributed by atoms with Gasteiger partial charge in [0.1, 0.15) is 5.00 Å². The lowest BCUT2D eigenvalue weighted by atomic mass is 9.95. The summed E-state index contributed by atoms with van der Waals surface area (Å²) in [5, 5.41) is 3.77. The molecule has 1 amide bonds. The number of nitrogens with one attached hydrogen (secondary N) is 1. The summed E-state index contributed by atoms with van der Waals surface area (Å²) in [4.78, 5) is 37.8. The Labute approximate surface area is 178 Å². The second-order valence-corrected chi connectivity index (χ2v) is 8.19. The molecule has 1 aromatic carbocycles. The zero-order valence-electron chi connectivity index (χ0n) is 16.1. The van der Waals surface area contributed by atoms with Gasteiger partial charge in [-0.3, -0.25) is 9.59 Å². The molecule has 6 nitrogen and oxygen atoms in total. The zero-order chi connectivity index (χ0) is 20.8. The van der Waals surface area contributed by atoms with Crippen LogP contribution in [0.1, 0.15) is 46.1 Å². The Morgan fingerprint density at radius 2 is 1.83 bits per heavy atom. The summed E-state index contributed by atoms with van der Waals surface area (Å²) in [5.41, 5.74) is 2.15. The van der Waals surface area contributed by atoms with Crippen LogP contribution in [0.5, 0.6) is 0 Å². The maximum absolute atomic E-state index is 12.4. The van der Waals surface area contributed by atoms with E-state index in [0.29, 0.717) is 15.6 Å². The molecule has 1 N–H and O–H groups in total. The van der Waals surface area contributed by atoms with E-state index in [2.05, 4.69) is 5.32 Å². The molecule has 0 atom stereocenters. The zero-order valence-corrected chi connectivity index (χ0v) is 17.7. The highest BCUT2D eigenvalue weighted by Crippen LogP contribution is 2.38. The van der Waals surface area contributed by atoms with Crippen molar-refractivity contribution in [2.45, 2.75) is 39.0 Å². The first kappa shape index (κ1) is 21.3. The third-order valence-electron chi connectivity index (χ3n) is 4.53. The largest absolute Gasteiger partial charge is 0.462 e. The number of amides is 1. The van der Waals surface area contributed by atoms with Gasteiger partial charge in [-0.15, -0.1) is 11.3 Å². The van der Waals surface area contributed by atoms with Crippen molar-refractivity contribution in [3.8, 4) is 0 Å². The maximum Gasteiger partial charge on any atom is 0.341 e. The molecule has 0 radical (unpaired) electrons. The van der Waals surface area contributed by atoms with E-state index in [1.165, 1.54) is 11.3 Å². The topological polar surface area (TPSA) is 81.7 Å². The second-order valence-electron chi connectivity index (χ2n) is 6.65. The number of anilines is 1. The molecule has 0 aliphatic heterocycles. The van der Waals surface area contributed by atoms with E-state index in [1.54, 1.807) is 31.2 Å². The lowest BCUT2D eigenvalue weighted by Gasteiger charge is -2.12. The number of hydrogen-bond donors (Lipinski definition) is 1. The Hall–Kier alpha value is -2.38. The number of hydrogen-bond acceptors (Lipinski definition) is 6. The normalized spacial score (nSPS) is 12.8. The molecule has 154 valence electrons. The van der Waals surface area contributed by atoms with Gasteiger partial charge in [0, 0.05) is 9.90 Å². The summed E-state index contributed by atoms with van der Waals surface area (Å²) in [6, 6.07) is 6.83. The number of aryl methyl sites for hydroxylation is 1. The third-order valence-corrected chi connectivity index (χ3v) is 5.99. The Morgan fingerprint density at radius 1 is 1.10 bits per heavy atom. The molecular weight excluding hydrogens is 414 g/mol. The van der Waals surface area contributed by atoms with Crippen LogP contribution in [0.15, 0.2) is 24.3 Å². The van der Waals surface area contributed by atoms with Crippen LogP contribution >= 0.6 is 22.9 Å². The van der Waals surface area contributed by atoms with E-state index in [0.717, 1.165) is 41.7 Å². The highest BCUT2D eigenvalue weighted by atomic mass is 35.5. The number of rotatable bonds is 7. The molecule has 0 spiro atoms. The highest BCUT2D eigenvalue weighted by molar-refractivity contribution is 7.17. The molecule has 0 fully saturated rings. The molecule has 3 rings (SSSR count). The highest BCUT2D eigenvalue weighted by Gasteiger charge is 2.27. The number of carbonyl (C=O) groups is 3. The lowest BCUT2D eigenvalue weighted by molar-refractivity contribution is -0.146. The van der Waals surface area contributed by atoms with Gasteiger partial charge >= 0.3 is 11.9 Å². The van der Waals surface area contributed by atoms with Crippen molar-refractivity contribution in [1.29, 1.82) is 0 Å². The fourth-order valence-corrected chi connectivity index (χ4v) is 4.62. The first-order valence-corrected chi connectivity index (χ1v) is 10.7. The van der Waals surface area contributed by atoms with Gasteiger partial charge < -0.3 is 14.8 Å². The summed E-state index contributed by atoms with van der Waals surface area (Å²) in [5.74, 6) is -1.43. The second kappa shape index (κ2) is 9.89. The Bertz CT molecular complexity index is 907. The summed E-state index contributed by atoms with van der Waals surface area (Å²) in [7, 11) is 0. The molecule has 1 aliphatic rings. The fraction of sp³-hybridized carbons (Fsp3) is 0.381. The maximum atomic E-state index is 12.4. The van der Waals surface area contributed by atoms with E-state index in [1.807, 2.05) is 0 Å². The van der Waals surface area contributed by atoms with E-state index < -0.39 is 24.5 Å². The van der Waals surface area contributed by atoms with Crippen LogP contribution in [-0.2, 0) is 38.3 Å². The molecule has 2 aromatic rings. The van der Waals surface area contributed by atoms with Crippen molar-refractivity contribution in [2.24, 2.45) is 0 Å². The first-order chi connectivity index (χ1) is 14.0. The van der Waals surface area contributed by atoms with Gasteiger partial charge in [0.15, 0.2) is 6.61 Å². The Kier molecular flexibility index (Phi) is 7.28. The van der Waals surface area contributed by atoms with Crippen LogP contribution in [0.4, 0.5) is 5.00 Å². The fourth-order valence-electron chi connectivity index (χ4n) is 3.20. The van der Waals surface area contributed by atoms with E-state index in [-0.39, 0.29) is 13.0 Å². The van der Waals surface area contributed by atoms with Crippen molar-refractivity contribution >= 4 is 45.8 Å². The molecular formula is C21H22ClNO5S. The van der Waals surface area contributed by atoms with Gasteiger partial charge in [0.25, 0.3) is 5.91 Å². The predicted molar refractivity (Wildman–Crippen MR) is 112 cm³/mol. The molecule has 1 aromatic heterocycles. The monoisotopic (exact) mass is 435 g/mol. The van der Waals surface area contributed by atoms with Crippen LogP contribution < -0.4 is 5.32 Å². The minimum Gasteiger partial charge on any atom is -0.462 e. The van der Waals surface area contributed by atoms with Crippen molar-refractivity contribution < 1.29 is 23.9 Å². The van der Waals surface area contributed by atoms with E-state index in [4.69, 9.17) is 21.1 Å². The molecule has 0 saturated heterocycles. The van der Waals surface area contributed by atoms with Gasteiger partial charge in [0.05, 0.1) is 18.6 Å². The molecule has 8 heteroatoms. The molecule has 0 saturated carbocycles. The first-order valence-electron chi connectivity index (χ1n) is 9.49. The molecule has 29 heavy (non-hydrogen) atoms. The van der Waals surface area contributed by atoms with Gasteiger partial charge in [-0.05, 0) is 55.9 Å². The Morgan fingerprint density at radius 3 is 2.55 bits per heavy atom. The third kappa shape index (κ3) is 5.58. The summed E-state index contributed by atoms with van der Waals surface area (Å²) in [6.07, 6.45) is 3.80. The molecule has 0 bridgehead atoms. The Balaban J connectivity index is 1.61. The van der Waals surface area contributed by atoms with Gasteiger partial charge in [0.2, 0.25) is 0 Å². The quantitative estimate of drug-likeness (QED) is 0.659. The minimum absolute atomic E-state index is 0.0474.